The van der Waals surface area contributed by atoms with Gasteiger partial charge in [-0.25, -0.2) is 0 Å². The molecule has 4 nitrogen and oxygen atoms in total. The van der Waals surface area contributed by atoms with Gasteiger partial charge in [0.25, 0.3) is 0 Å². The Hall–Kier alpha value is -2.62. The molecule has 23 heavy (non-hydrogen) atoms. The van der Waals surface area contributed by atoms with E-state index in [1.807, 2.05) is 30.3 Å². The van der Waals surface area contributed by atoms with Crippen molar-refractivity contribution >= 4 is 17.5 Å². The third-order valence-electron chi connectivity index (χ3n) is 4.65. The van der Waals surface area contributed by atoms with Crippen LogP contribution in [0.25, 0.3) is 0 Å². The predicted octanol–water partition coefficient (Wildman–Crippen LogP) is 3.24. The number of nitrogens with two attached hydrogens (primary N) is 1. The van der Waals surface area contributed by atoms with Gasteiger partial charge in [-0.1, -0.05) is 43.2 Å². The van der Waals surface area contributed by atoms with Crippen molar-refractivity contribution in [1.29, 1.82) is 0 Å². The first-order chi connectivity index (χ1) is 11.1. The van der Waals surface area contributed by atoms with Crippen molar-refractivity contribution in [2.45, 2.75) is 31.1 Å². The summed E-state index contributed by atoms with van der Waals surface area (Å²) in [5.74, 6) is -0.451. The Kier molecular flexibility index (Phi) is 4.15. The Morgan fingerprint density at radius 2 is 1.52 bits per heavy atom. The quantitative estimate of drug-likeness (QED) is 0.910. The maximum atomic E-state index is 13.0. The first-order valence-corrected chi connectivity index (χ1v) is 7.89. The van der Waals surface area contributed by atoms with E-state index in [0.29, 0.717) is 11.3 Å². The van der Waals surface area contributed by atoms with Crippen LogP contribution < -0.4 is 11.1 Å². The molecule has 1 saturated carbocycles. The molecule has 0 aromatic heterocycles. The van der Waals surface area contributed by atoms with Crippen LogP contribution in [0.1, 0.15) is 41.6 Å². The van der Waals surface area contributed by atoms with Crippen LogP contribution in [-0.4, -0.2) is 11.8 Å². The maximum Gasteiger partial charge on any atom is 0.248 e. The van der Waals surface area contributed by atoms with Crippen molar-refractivity contribution in [1.82, 2.24) is 0 Å². The minimum absolute atomic E-state index is 0.0213. The molecular formula is C19H20N2O2. The van der Waals surface area contributed by atoms with E-state index >= 15 is 0 Å². The lowest BCUT2D eigenvalue weighted by molar-refractivity contribution is -0.121. The highest BCUT2D eigenvalue weighted by molar-refractivity contribution is 6.00. The number of amides is 2. The molecule has 3 rings (SSSR count). The van der Waals surface area contributed by atoms with Crippen molar-refractivity contribution in [3.05, 3.63) is 65.7 Å². The Morgan fingerprint density at radius 3 is 2.09 bits per heavy atom. The van der Waals surface area contributed by atoms with E-state index in [-0.39, 0.29) is 5.91 Å². The second-order valence-electron chi connectivity index (χ2n) is 6.05. The number of hydrogen-bond acceptors (Lipinski definition) is 2. The van der Waals surface area contributed by atoms with Gasteiger partial charge < -0.3 is 11.1 Å². The molecule has 0 unspecified atom stereocenters. The third-order valence-corrected chi connectivity index (χ3v) is 4.65. The summed E-state index contributed by atoms with van der Waals surface area (Å²) in [6, 6.07) is 16.7. The van der Waals surface area contributed by atoms with Crippen molar-refractivity contribution in [2.75, 3.05) is 5.32 Å². The third kappa shape index (κ3) is 2.97. The van der Waals surface area contributed by atoms with Gasteiger partial charge in [0.15, 0.2) is 0 Å². The van der Waals surface area contributed by atoms with Crippen LogP contribution in [0.2, 0.25) is 0 Å². The van der Waals surface area contributed by atoms with E-state index in [1.165, 1.54) is 0 Å². The van der Waals surface area contributed by atoms with Gasteiger partial charge in [-0.2, -0.15) is 0 Å². The summed E-state index contributed by atoms with van der Waals surface area (Å²) in [5.41, 5.74) is 6.97. The van der Waals surface area contributed by atoms with Crippen LogP contribution in [0.5, 0.6) is 0 Å². The topological polar surface area (TPSA) is 72.2 Å². The fourth-order valence-electron chi connectivity index (χ4n) is 3.35. The molecule has 1 aliphatic carbocycles. The second-order valence-corrected chi connectivity index (χ2v) is 6.05. The zero-order valence-electron chi connectivity index (χ0n) is 12.9. The predicted molar refractivity (Wildman–Crippen MR) is 90.2 cm³/mol. The average molecular weight is 308 g/mol. The summed E-state index contributed by atoms with van der Waals surface area (Å²) in [4.78, 5) is 24.1. The SMILES string of the molecule is NC(=O)c1ccc(NC(=O)C2(c3ccccc3)CCCC2)cc1. The minimum Gasteiger partial charge on any atom is -0.366 e. The molecule has 0 saturated heterocycles. The van der Waals surface area contributed by atoms with Gasteiger partial charge >= 0.3 is 0 Å². The number of primary amides is 1. The minimum atomic E-state index is -0.473. The molecule has 2 aromatic rings. The molecule has 0 spiro atoms. The normalized spacial score (nSPS) is 16.0. The number of benzene rings is 2. The lowest BCUT2D eigenvalue weighted by atomic mass is 9.78. The van der Waals surface area contributed by atoms with Crippen LogP contribution in [0, 0.1) is 0 Å². The van der Waals surface area contributed by atoms with Gasteiger partial charge in [0.05, 0.1) is 5.41 Å². The molecule has 0 atom stereocenters. The van der Waals surface area contributed by atoms with Gasteiger partial charge in [-0.15, -0.1) is 0 Å². The summed E-state index contributed by atoms with van der Waals surface area (Å²) in [5, 5.41) is 3.00. The lowest BCUT2D eigenvalue weighted by Gasteiger charge is -2.28. The Bertz CT molecular complexity index is 702. The number of hydrogen-bond donors (Lipinski definition) is 2. The highest BCUT2D eigenvalue weighted by atomic mass is 16.2. The van der Waals surface area contributed by atoms with E-state index in [1.54, 1.807) is 24.3 Å². The van der Waals surface area contributed by atoms with Gasteiger partial charge in [0, 0.05) is 11.3 Å². The zero-order valence-corrected chi connectivity index (χ0v) is 12.9. The Balaban J connectivity index is 1.84. The Morgan fingerprint density at radius 1 is 0.913 bits per heavy atom. The fourth-order valence-corrected chi connectivity index (χ4v) is 3.35. The molecule has 0 heterocycles. The van der Waals surface area contributed by atoms with E-state index in [2.05, 4.69) is 5.32 Å². The highest BCUT2D eigenvalue weighted by Crippen LogP contribution is 2.42. The molecule has 118 valence electrons. The smallest absolute Gasteiger partial charge is 0.248 e. The van der Waals surface area contributed by atoms with E-state index < -0.39 is 11.3 Å². The number of carbonyl (C=O) groups is 2. The molecule has 1 fully saturated rings. The summed E-state index contributed by atoms with van der Waals surface area (Å²) >= 11 is 0. The number of anilines is 1. The van der Waals surface area contributed by atoms with Gasteiger partial charge in [0.1, 0.15) is 0 Å². The number of rotatable bonds is 4. The molecule has 2 amide bonds. The second kappa shape index (κ2) is 6.24. The molecular weight excluding hydrogens is 288 g/mol. The fraction of sp³-hybridized carbons (Fsp3) is 0.263. The van der Waals surface area contributed by atoms with Crippen LogP contribution in [-0.2, 0) is 10.2 Å². The molecule has 3 N–H and O–H groups in total. The average Bonchev–Trinajstić information content (AvgIpc) is 3.07. The van der Waals surface area contributed by atoms with Crippen molar-refractivity contribution in [3.8, 4) is 0 Å². The number of nitrogens with one attached hydrogen (secondary N) is 1. The summed E-state index contributed by atoms with van der Waals surface area (Å²) in [7, 11) is 0. The standard InChI is InChI=1S/C19H20N2O2/c20-17(22)14-8-10-16(11-9-14)21-18(23)19(12-4-5-13-19)15-6-2-1-3-7-15/h1-3,6-11H,4-5,12-13H2,(H2,20,22)(H,21,23). The van der Waals surface area contributed by atoms with Crippen LogP contribution in [0.3, 0.4) is 0 Å². The molecule has 2 aromatic carbocycles. The zero-order chi connectivity index (χ0) is 16.3. The summed E-state index contributed by atoms with van der Waals surface area (Å²) < 4.78 is 0. The van der Waals surface area contributed by atoms with Gasteiger partial charge in [-0.05, 0) is 42.7 Å². The van der Waals surface area contributed by atoms with E-state index in [4.69, 9.17) is 5.73 Å². The monoisotopic (exact) mass is 308 g/mol. The highest BCUT2D eigenvalue weighted by Gasteiger charge is 2.42. The summed E-state index contributed by atoms with van der Waals surface area (Å²) in [6.45, 7) is 0. The van der Waals surface area contributed by atoms with E-state index in [0.717, 1.165) is 31.2 Å². The van der Waals surface area contributed by atoms with Crippen LogP contribution in [0.15, 0.2) is 54.6 Å². The Labute approximate surface area is 135 Å². The number of carbonyl (C=O) groups excluding carboxylic acids is 2. The van der Waals surface area contributed by atoms with Crippen molar-refractivity contribution < 1.29 is 9.59 Å². The molecule has 4 heteroatoms. The lowest BCUT2D eigenvalue weighted by Crippen LogP contribution is -2.37. The first kappa shape index (κ1) is 15.3. The van der Waals surface area contributed by atoms with Crippen LogP contribution in [0.4, 0.5) is 5.69 Å². The molecule has 1 aliphatic rings. The van der Waals surface area contributed by atoms with Crippen molar-refractivity contribution in [2.24, 2.45) is 5.73 Å². The van der Waals surface area contributed by atoms with Gasteiger partial charge in [0.2, 0.25) is 11.8 Å². The molecule has 0 bridgehead atoms. The largest absolute Gasteiger partial charge is 0.366 e. The molecule has 0 radical (unpaired) electrons. The summed E-state index contributed by atoms with van der Waals surface area (Å²) in [6.07, 6.45) is 3.84. The van der Waals surface area contributed by atoms with Crippen molar-refractivity contribution in [3.63, 3.8) is 0 Å². The van der Waals surface area contributed by atoms with Gasteiger partial charge in [-0.3, -0.25) is 9.59 Å². The van der Waals surface area contributed by atoms with E-state index in [9.17, 15) is 9.59 Å². The van der Waals surface area contributed by atoms with Crippen LogP contribution >= 0.6 is 0 Å². The maximum absolute atomic E-state index is 13.0. The molecule has 0 aliphatic heterocycles. The first-order valence-electron chi connectivity index (χ1n) is 7.89.